The maximum absolute atomic E-state index is 10.5. The first-order valence-corrected chi connectivity index (χ1v) is 9.83. The van der Waals surface area contributed by atoms with Crippen molar-refractivity contribution in [2.75, 3.05) is 6.54 Å². The van der Waals surface area contributed by atoms with Crippen LogP contribution in [0.5, 0.6) is 0 Å². The molecule has 136 valence electrons. The summed E-state index contributed by atoms with van der Waals surface area (Å²) >= 11 is 0. The summed E-state index contributed by atoms with van der Waals surface area (Å²) in [5.74, 6) is 0.462. The summed E-state index contributed by atoms with van der Waals surface area (Å²) in [5.41, 5.74) is 3.77. The van der Waals surface area contributed by atoms with E-state index in [1.807, 2.05) is 12.3 Å². The first-order chi connectivity index (χ1) is 11.9. The Morgan fingerprint density at radius 1 is 1.24 bits per heavy atom. The second-order valence-corrected chi connectivity index (χ2v) is 8.97. The number of nitrogens with zero attached hydrogens (tertiary/aromatic N) is 2. The van der Waals surface area contributed by atoms with Gasteiger partial charge in [-0.3, -0.25) is 4.90 Å². The molecule has 0 amide bonds. The summed E-state index contributed by atoms with van der Waals surface area (Å²) in [7, 11) is 0. The molecule has 1 saturated carbocycles. The molecule has 2 aromatic rings. The highest BCUT2D eigenvalue weighted by Crippen LogP contribution is 2.38. The Bertz CT molecular complexity index is 745. The second kappa shape index (κ2) is 6.40. The van der Waals surface area contributed by atoms with Gasteiger partial charge in [-0.25, -0.2) is 4.98 Å². The summed E-state index contributed by atoms with van der Waals surface area (Å²) in [6.45, 7) is 8.77. The Hall–Kier alpha value is -1.39. The third-order valence-corrected chi connectivity index (χ3v) is 6.25. The van der Waals surface area contributed by atoms with E-state index in [2.05, 4.69) is 41.7 Å². The van der Waals surface area contributed by atoms with Crippen LogP contribution < -0.4 is 0 Å². The molecule has 2 fully saturated rings. The maximum Gasteiger partial charge on any atom is 0.137 e. The Balaban J connectivity index is 1.70. The summed E-state index contributed by atoms with van der Waals surface area (Å²) in [6, 6.07) is 4.77. The average Bonchev–Trinajstić information content (AvgIpc) is 2.97. The molecule has 0 unspecified atom stereocenters. The van der Waals surface area contributed by atoms with Gasteiger partial charge in [-0.2, -0.15) is 0 Å². The monoisotopic (exact) mass is 341 g/mol. The molecule has 0 radical (unpaired) electrons. The molecule has 3 heterocycles. The van der Waals surface area contributed by atoms with Crippen molar-refractivity contribution < 1.29 is 5.11 Å². The van der Waals surface area contributed by atoms with Gasteiger partial charge in [0.15, 0.2) is 0 Å². The van der Waals surface area contributed by atoms with Gasteiger partial charge in [-0.05, 0) is 37.0 Å². The van der Waals surface area contributed by atoms with Crippen LogP contribution in [-0.2, 0) is 12.0 Å². The largest absolute Gasteiger partial charge is 0.393 e. The number of hydrogen-bond donors (Lipinski definition) is 2. The van der Waals surface area contributed by atoms with Gasteiger partial charge in [-0.1, -0.05) is 33.6 Å². The molecule has 4 nitrogen and oxygen atoms in total. The van der Waals surface area contributed by atoms with Gasteiger partial charge >= 0.3 is 0 Å². The van der Waals surface area contributed by atoms with E-state index < -0.39 is 0 Å². The van der Waals surface area contributed by atoms with Crippen LogP contribution in [0.1, 0.15) is 64.1 Å². The van der Waals surface area contributed by atoms with Crippen LogP contribution in [0.25, 0.3) is 11.0 Å². The van der Waals surface area contributed by atoms with Gasteiger partial charge in [0.05, 0.1) is 6.10 Å². The number of rotatable bonds is 2. The molecule has 2 aliphatic rings. The fourth-order valence-corrected chi connectivity index (χ4v) is 5.00. The molecule has 0 aromatic carbocycles. The van der Waals surface area contributed by atoms with Crippen molar-refractivity contribution in [1.82, 2.24) is 14.9 Å². The van der Waals surface area contributed by atoms with Gasteiger partial charge in [0.25, 0.3) is 0 Å². The van der Waals surface area contributed by atoms with E-state index in [0.29, 0.717) is 12.0 Å². The number of pyridine rings is 1. The van der Waals surface area contributed by atoms with Gasteiger partial charge in [-0.15, -0.1) is 0 Å². The number of H-pyrrole nitrogens is 1. The molecule has 0 spiro atoms. The number of likely N-dealkylation sites (tertiary alicyclic amines) is 1. The molecular formula is C21H31N3O. The minimum atomic E-state index is -0.103. The summed E-state index contributed by atoms with van der Waals surface area (Å²) in [6.07, 6.45) is 7.66. The number of nitrogens with one attached hydrogen (secondary N) is 1. The third-order valence-electron chi connectivity index (χ3n) is 6.25. The lowest BCUT2D eigenvalue weighted by Crippen LogP contribution is -2.52. The molecule has 1 aliphatic heterocycles. The van der Waals surface area contributed by atoms with E-state index >= 15 is 0 Å². The van der Waals surface area contributed by atoms with Crippen LogP contribution in [-0.4, -0.2) is 38.7 Å². The highest BCUT2D eigenvalue weighted by molar-refractivity contribution is 5.81. The van der Waals surface area contributed by atoms with Crippen molar-refractivity contribution in [3.63, 3.8) is 0 Å². The fraction of sp³-hybridized carbons (Fsp3) is 0.667. The molecular weight excluding hydrogens is 310 g/mol. The molecule has 3 atom stereocenters. The number of piperidine rings is 1. The maximum atomic E-state index is 10.5. The molecule has 4 rings (SSSR count). The molecule has 1 aliphatic carbocycles. The molecule has 4 heteroatoms. The normalized spacial score (nSPS) is 28.2. The number of hydrogen-bond acceptors (Lipinski definition) is 3. The van der Waals surface area contributed by atoms with Crippen molar-refractivity contribution in [3.8, 4) is 0 Å². The van der Waals surface area contributed by atoms with Crippen LogP contribution in [0.2, 0.25) is 0 Å². The van der Waals surface area contributed by atoms with Gasteiger partial charge in [0, 0.05) is 47.7 Å². The molecule has 1 saturated heterocycles. The molecule has 2 N–H and O–H groups in total. The number of aromatic nitrogens is 2. The number of fused-ring (bicyclic) bond motifs is 2. The quantitative estimate of drug-likeness (QED) is 0.868. The lowest BCUT2D eigenvalue weighted by atomic mass is 9.76. The average molecular weight is 341 g/mol. The van der Waals surface area contributed by atoms with E-state index in [0.717, 1.165) is 25.2 Å². The summed E-state index contributed by atoms with van der Waals surface area (Å²) < 4.78 is 0. The van der Waals surface area contributed by atoms with Crippen LogP contribution in [0, 0.1) is 5.92 Å². The zero-order valence-electron chi connectivity index (χ0n) is 15.8. The first-order valence-electron chi connectivity index (χ1n) is 9.83. The molecule has 2 aromatic heterocycles. The Morgan fingerprint density at radius 2 is 2.04 bits per heavy atom. The van der Waals surface area contributed by atoms with Crippen molar-refractivity contribution in [2.45, 2.75) is 77.0 Å². The van der Waals surface area contributed by atoms with E-state index in [1.165, 1.54) is 42.3 Å². The van der Waals surface area contributed by atoms with Crippen LogP contribution in [0.3, 0.4) is 0 Å². The lowest BCUT2D eigenvalue weighted by Gasteiger charge is -2.46. The SMILES string of the molecule is CC(C)(C)c1[nH]c2ncccc2c1CN1CC[C@H](O)[C@@H]2CCCC[C@@H]21. The summed E-state index contributed by atoms with van der Waals surface area (Å²) in [4.78, 5) is 10.8. The highest BCUT2D eigenvalue weighted by Gasteiger charge is 2.39. The third kappa shape index (κ3) is 3.11. The zero-order chi connectivity index (χ0) is 17.6. The zero-order valence-corrected chi connectivity index (χ0v) is 15.8. The number of aliphatic hydroxyl groups is 1. The predicted molar refractivity (Wildman–Crippen MR) is 102 cm³/mol. The van der Waals surface area contributed by atoms with Crippen LogP contribution in [0.4, 0.5) is 0 Å². The van der Waals surface area contributed by atoms with Crippen molar-refractivity contribution in [2.24, 2.45) is 5.92 Å². The highest BCUT2D eigenvalue weighted by atomic mass is 16.3. The standard InChI is InChI=1S/C21H31N3O/c1-21(2,3)19-16(14-8-6-11-22-20(14)23-19)13-24-12-10-18(25)15-7-4-5-9-17(15)24/h6,8,11,15,17-18,25H,4-5,7,9-10,12-13H2,1-3H3,(H,22,23)/t15-,17+,18+/m1/s1. The number of aliphatic hydroxyl groups excluding tert-OH is 1. The first kappa shape index (κ1) is 17.0. The van der Waals surface area contributed by atoms with Crippen molar-refractivity contribution in [1.29, 1.82) is 0 Å². The van der Waals surface area contributed by atoms with E-state index in [9.17, 15) is 5.11 Å². The van der Waals surface area contributed by atoms with Gasteiger partial charge < -0.3 is 10.1 Å². The van der Waals surface area contributed by atoms with E-state index in [4.69, 9.17) is 0 Å². The van der Waals surface area contributed by atoms with Crippen molar-refractivity contribution in [3.05, 3.63) is 29.6 Å². The molecule has 25 heavy (non-hydrogen) atoms. The predicted octanol–water partition coefficient (Wildman–Crippen LogP) is 3.99. The van der Waals surface area contributed by atoms with Gasteiger partial charge in [0.1, 0.15) is 5.65 Å². The van der Waals surface area contributed by atoms with E-state index in [-0.39, 0.29) is 11.5 Å². The minimum Gasteiger partial charge on any atom is -0.393 e. The Kier molecular flexibility index (Phi) is 4.37. The lowest BCUT2D eigenvalue weighted by molar-refractivity contribution is -0.0393. The second-order valence-electron chi connectivity index (χ2n) is 8.97. The Labute approximate surface area is 150 Å². The Morgan fingerprint density at radius 3 is 2.84 bits per heavy atom. The topological polar surface area (TPSA) is 52.2 Å². The van der Waals surface area contributed by atoms with Crippen molar-refractivity contribution >= 4 is 11.0 Å². The van der Waals surface area contributed by atoms with Gasteiger partial charge in [0.2, 0.25) is 0 Å². The smallest absolute Gasteiger partial charge is 0.137 e. The summed E-state index contributed by atoms with van der Waals surface area (Å²) in [5, 5.41) is 11.7. The van der Waals surface area contributed by atoms with Crippen LogP contribution >= 0.6 is 0 Å². The fourth-order valence-electron chi connectivity index (χ4n) is 5.00. The number of aromatic amines is 1. The van der Waals surface area contributed by atoms with Crippen LogP contribution in [0.15, 0.2) is 18.3 Å². The van der Waals surface area contributed by atoms with E-state index in [1.54, 1.807) is 0 Å². The molecule has 0 bridgehead atoms. The minimum absolute atomic E-state index is 0.0668.